The molecule has 7 nitrogen and oxygen atoms in total. The van der Waals surface area contributed by atoms with E-state index in [-0.39, 0.29) is 5.91 Å². The fourth-order valence-corrected chi connectivity index (χ4v) is 4.36. The van der Waals surface area contributed by atoms with Crippen LogP contribution in [0.4, 0.5) is 11.5 Å². The molecular formula is C27H30N6O. The van der Waals surface area contributed by atoms with Crippen molar-refractivity contribution in [1.29, 1.82) is 0 Å². The van der Waals surface area contributed by atoms with E-state index in [1.807, 2.05) is 42.6 Å². The molecule has 0 radical (unpaired) electrons. The fourth-order valence-electron chi connectivity index (χ4n) is 4.36. The van der Waals surface area contributed by atoms with Crippen molar-refractivity contribution in [3.63, 3.8) is 0 Å². The third kappa shape index (κ3) is 5.26. The van der Waals surface area contributed by atoms with Gasteiger partial charge < -0.3 is 10.6 Å². The van der Waals surface area contributed by atoms with Crippen LogP contribution in [0.15, 0.2) is 73.1 Å². The van der Waals surface area contributed by atoms with Gasteiger partial charge in [-0.25, -0.2) is 9.50 Å². The quantitative estimate of drug-likeness (QED) is 0.419. The van der Waals surface area contributed by atoms with Gasteiger partial charge in [0, 0.05) is 25.0 Å². The van der Waals surface area contributed by atoms with Crippen LogP contribution in [0.1, 0.15) is 41.3 Å². The lowest BCUT2D eigenvalue weighted by Crippen LogP contribution is -2.32. The summed E-state index contributed by atoms with van der Waals surface area (Å²) in [5.41, 5.74) is 4.24. The molecule has 4 aromatic rings. The van der Waals surface area contributed by atoms with E-state index in [1.54, 1.807) is 10.7 Å². The lowest BCUT2D eigenvalue weighted by Gasteiger charge is -2.30. The van der Waals surface area contributed by atoms with Gasteiger partial charge in [0.15, 0.2) is 5.65 Å². The number of hydrogen-bond donors (Lipinski definition) is 2. The van der Waals surface area contributed by atoms with Gasteiger partial charge in [0.1, 0.15) is 11.4 Å². The molecule has 0 bridgehead atoms. The molecule has 0 unspecified atom stereocenters. The Labute approximate surface area is 199 Å². The van der Waals surface area contributed by atoms with Gasteiger partial charge in [-0.05, 0) is 61.2 Å². The lowest BCUT2D eigenvalue weighted by atomic mass is 9.98. The Morgan fingerprint density at radius 2 is 1.82 bits per heavy atom. The highest BCUT2D eigenvalue weighted by Gasteiger charge is 2.16. The smallest absolute Gasteiger partial charge is 0.261 e. The maximum atomic E-state index is 12.8. The predicted octanol–water partition coefficient (Wildman–Crippen LogP) is 4.83. The molecule has 2 N–H and O–H groups in total. The summed E-state index contributed by atoms with van der Waals surface area (Å²) in [6.45, 7) is 6.37. The summed E-state index contributed by atoms with van der Waals surface area (Å²) in [6, 6.07) is 20.0. The van der Waals surface area contributed by atoms with Gasteiger partial charge in [0.2, 0.25) is 0 Å². The number of likely N-dealkylation sites (tertiary alicyclic amines) is 1. The molecule has 2 aromatic carbocycles. The fraction of sp³-hybridized carbons (Fsp3) is 0.296. The maximum Gasteiger partial charge on any atom is 0.261 e. The van der Waals surface area contributed by atoms with E-state index in [4.69, 9.17) is 0 Å². The van der Waals surface area contributed by atoms with Crippen LogP contribution in [-0.4, -0.2) is 38.5 Å². The first-order valence-electron chi connectivity index (χ1n) is 11.9. The number of carbonyl (C=O) groups is 1. The standard InChI is InChI=1S/C27H30N6O/c1-20-10-13-32(14-11-20)19-22-7-5-6-21(16-22)17-28-25-12-15-33-26(31-25)24(18-29-33)27(34)30-23-8-3-2-4-9-23/h2-9,12,15-16,18,20H,10-11,13-14,17,19H2,1H3,(H,28,31)(H,30,34). The summed E-state index contributed by atoms with van der Waals surface area (Å²) < 4.78 is 1.62. The van der Waals surface area contributed by atoms with Crippen LogP contribution < -0.4 is 10.6 Å². The number of fused-ring (bicyclic) bond motifs is 1. The minimum Gasteiger partial charge on any atom is -0.366 e. The molecule has 5 rings (SSSR count). The number of amides is 1. The number of carbonyl (C=O) groups excluding carboxylic acids is 1. The summed E-state index contributed by atoms with van der Waals surface area (Å²) in [6.07, 6.45) is 5.94. The van der Waals surface area contributed by atoms with E-state index < -0.39 is 0 Å². The number of anilines is 2. The van der Waals surface area contributed by atoms with Gasteiger partial charge in [0.25, 0.3) is 5.91 Å². The van der Waals surface area contributed by atoms with Crippen molar-refractivity contribution in [3.8, 4) is 0 Å². The molecule has 0 atom stereocenters. The molecular weight excluding hydrogens is 424 g/mol. The van der Waals surface area contributed by atoms with Gasteiger partial charge in [-0.15, -0.1) is 0 Å². The molecule has 1 fully saturated rings. The third-order valence-corrected chi connectivity index (χ3v) is 6.39. The SMILES string of the molecule is CC1CCN(Cc2cccc(CNc3ccn4ncc(C(=O)Nc5ccccc5)c4n3)c2)CC1. The van der Waals surface area contributed by atoms with Gasteiger partial charge >= 0.3 is 0 Å². The zero-order valence-corrected chi connectivity index (χ0v) is 19.4. The highest BCUT2D eigenvalue weighted by molar-refractivity contribution is 6.08. The largest absolute Gasteiger partial charge is 0.366 e. The monoisotopic (exact) mass is 454 g/mol. The number of para-hydroxylation sites is 1. The molecule has 34 heavy (non-hydrogen) atoms. The number of nitrogens with zero attached hydrogens (tertiary/aromatic N) is 4. The van der Waals surface area contributed by atoms with Crippen molar-refractivity contribution in [2.24, 2.45) is 5.92 Å². The number of aromatic nitrogens is 3. The minimum atomic E-state index is -0.231. The first-order valence-corrected chi connectivity index (χ1v) is 11.9. The van der Waals surface area contributed by atoms with Crippen LogP contribution in [-0.2, 0) is 13.1 Å². The summed E-state index contributed by atoms with van der Waals surface area (Å²) in [5, 5.41) is 10.6. The second-order valence-electron chi connectivity index (χ2n) is 9.09. The minimum absolute atomic E-state index is 0.231. The van der Waals surface area contributed by atoms with E-state index in [0.717, 1.165) is 18.2 Å². The van der Waals surface area contributed by atoms with Crippen molar-refractivity contribution in [3.05, 3.63) is 89.7 Å². The van der Waals surface area contributed by atoms with Crippen molar-refractivity contribution in [2.45, 2.75) is 32.9 Å². The van der Waals surface area contributed by atoms with E-state index in [2.05, 4.69) is 56.8 Å². The van der Waals surface area contributed by atoms with E-state index in [0.29, 0.717) is 23.6 Å². The Bertz CT molecular complexity index is 1260. The number of hydrogen-bond acceptors (Lipinski definition) is 5. The molecule has 7 heteroatoms. The number of benzene rings is 2. The summed E-state index contributed by atoms with van der Waals surface area (Å²) in [7, 11) is 0. The Kier molecular flexibility index (Phi) is 6.53. The summed E-state index contributed by atoms with van der Waals surface area (Å²) >= 11 is 0. The molecule has 0 saturated carbocycles. The average Bonchev–Trinajstić information content (AvgIpc) is 3.29. The van der Waals surface area contributed by atoms with Crippen LogP contribution in [0.2, 0.25) is 0 Å². The van der Waals surface area contributed by atoms with E-state index in [1.165, 1.54) is 37.1 Å². The molecule has 1 saturated heterocycles. The average molecular weight is 455 g/mol. The molecule has 0 aliphatic carbocycles. The van der Waals surface area contributed by atoms with Crippen molar-refractivity contribution in [2.75, 3.05) is 23.7 Å². The van der Waals surface area contributed by atoms with E-state index in [9.17, 15) is 4.79 Å². The molecule has 1 amide bonds. The molecule has 2 aromatic heterocycles. The lowest BCUT2D eigenvalue weighted by molar-refractivity contribution is 0.102. The van der Waals surface area contributed by atoms with Crippen LogP contribution in [0, 0.1) is 5.92 Å². The van der Waals surface area contributed by atoms with Gasteiger partial charge in [-0.2, -0.15) is 5.10 Å². The molecule has 0 spiro atoms. The summed E-state index contributed by atoms with van der Waals surface area (Å²) in [4.78, 5) is 20.0. The zero-order valence-electron chi connectivity index (χ0n) is 19.4. The zero-order chi connectivity index (χ0) is 23.3. The van der Waals surface area contributed by atoms with Crippen LogP contribution in [0.5, 0.6) is 0 Å². The van der Waals surface area contributed by atoms with Crippen molar-refractivity contribution in [1.82, 2.24) is 19.5 Å². The molecule has 3 heterocycles. The molecule has 1 aliphatic heterocycles. The Hall–Kier alpha value is -3.71. The second-order valence-corrected chi connectivity index (χ2v) is 9.09. The van der Waals surface area contributed by atoms with Crippen molar-refractivity contribution >= 4 is 23.1 Å². The van der Waals surface area contributed by atoms with Crippen LogP contribution >= 0.6 is 0 Å². The number of piperidine rings is 1. The Morgan fingerprint density at radius 1 is 1.03 bits per heavy atom. The number of nitrogens with one attached hydrogen (secondary N) is 2. The molecule has 1 aliphatic rings. The maximum absolute atomic E-state index is 12.8. The van der Waals surface area contributed by atoms with E-state index >= 15 is 0 Å². The summed E-state index contributed by atoms with van der Waals surface area (Å²) in [5.74, 6) is 1.32. The first-order chi connectivity index (χ1) is 16.6. The van der Waals surface area contributed by atoms with Gasteiger partial charge in [0.05, 0.1) is 6.20 Å². The second kappa shape index (κ2) is 10.1. The Morgan fingerprint density at radius 3 is 2.65 bits per heavy atom. The van der Waals surface area contributed by atoms with Crippen LogP contribution in [0.3, 0.4) is 0 Å². The predicted molar refractivity (Wildman–Crippen MR) is 135 cm³/mol. The Balaban J connectivity index is 1.25. The number of rotatable bonds is 7. The first kappa shape index (κ1) is 22.1. The topological polar surface area (TPSA) is 74.6 Å². The molecule has 174 valence electrons. The van der Waals surface area contributed by atoms with Gasteiger partial charge in [-0.3, -0.25) is 9.69 Å². The van der Waals surface area contributed by atoms with Crippen molar-refractivity contribution < 1.29 is 4.79 Å². The third-order valence-electron chi connectivity index (χ3n) is 6.39. The highest BCUT2D eigenvalue weighted by atomic mass is 16.1. The highest BCUT2D eigenvalue weighted by Crippen LogP contribution is 2.19. The van der Waals surface area contributed by atoms with Gasteiger partial charge in [-0.1, -0.05) is 49.4 Å². The normalized spacial score (nSPS) is 14.9. The van der Waals surface area contributed by atoms with Crippen LogP contribution in [0.25, 0.3) is 5.65 Å².